The maximum absolute atomic E-state index is 11.3. The van der Waals surface area contributed by atoms with Gasteiger partial charge in [0.15, 0.2) is 5.92 Å². The van der Waals surface area contributed by atoms with E-state index >= 15 is 0 Å². The van der Waals surface area contributed by atoms with Crippen LogP contribution in [0.5, 0.6) is 0 Å². The molecule has 0 aliphatic rings. The average molecular weight is 141 g/mol. The highest BCUT2D eigenvalue weighted by Crippen LogP contribution is 2.25. The molecule has 0 aromatic rings. The standard InChI is InChI=1S/C4H3F4N/c5-1-3(2-9)4(6,7)8/h3H,1H2. The van der Waals surface area contributed by atoms with E-state index in [0.29, 0.717) is 0 Å². The molecule has 0 saturated carbocycles. The summed E-state index contributed by atoms with van der Waals surface area (Å²) in [4.78, 5) is 0. The SMILES string of the molecule is N#CC(CF)C(F)(F)F. The van der Waals surface area contributed by atoms with Gasteiger partial charge in [0.1, 0.15) is 6.67 Å². The van der Waals surface area contributed by atoms with Crippen LogP contribution in [-0.4, -0.2) is 12.9 Å². The highest BCUT2D eigenvalue weighted by Gasteiger charge is 2.39. The molecule has 0 fully saturated rings. The molecule has 0 heterocycles. The van der Waals surface area contributed by atoms with E-state index in [2.05, 4.69) is 0 Å². The van der Waals surface area contributed by atoms with Gasteiger partial charge in [0.2, 0.25) is 0 Å². The number of halogens is 4. The van der Waals surface area contributed by atoms with E-state index < -0.39 is 18.8 Å². The summed E-state index contributed by atoms with van der Waals surface area (Å²) < 4.78 is 45.0. The third-order valence-electron chi connectivity index (χ3n) is 0.705. The summed E-state index contributed by atoms with van der Waals surface area (Å²) in [6.07, 6.45) is -4.72. The summed E-state index contributed by atoms with van der Waals surface area (Å²) in [6.45, 7) is -1.67. The second-order valence-electron chi connectivity index (χ2n) is 1.38. The van der Waals surface area contributed by atoms with Crippen LogP contribution < -0.4 is 0 Å². The van der Waals surface area contributed by atoms with Crippen molar-refractivity contribution in [2.45, 2.75) is 6.18 Å². The van der Waals surface area contributed by atoms with Crippen LogP contribution in [0, 0.1) is 17.2 Å². The fourth-order valence-corrected chi connectivity index (χ4v) is 0.195. The maximum Gasteiger partial charge on any atom is 0.407 e. The van der Waals surface area contributed by atoms with E-state index in [4.69, 9.17) is 5.26 Å². The Morgan fingerprint density at radius 3 is 1.89 bits per heavy atom. The van der Waals surface area contributed by atoms with Crippen molar-refractivity contribution in [2.75, 3.05) is 6.67 Å². The van der Waals surface area contributed by atoms with E-state index in [0.717, 1.165) is 6.07 Å². The first-order chi connectivity index (χ1) is 4.02. The lowest BCUT2D eigenvalue weighted by atomic mass is 10.2. The Morgan fingerprint density at radius 2 is 1.89 bits per heavy atom. The third kappa shape index (κ3) is 2.31. The van der Waals surface area contributed by atoms with Crippen LogP contribution in [0.2, 0.25) is 0 Å². The van der Waals surface area contributed by atoms with Gasteiger partial charge in [-0.05, 0) is 0 Å². The highest BCUT2D eigenvalue weighted by molar-refractivity contribution is 4.87. The minimum atomic E-state index is -4.72. The molecule has 0 amide bonds. The van der Waals surface area contributed by atoms with Gasteiger partial charge in [0.05, 0.1) is 6.07 Å². The number of nitrogens with zero attached hydrogens (tertiary/aromatic N) is 1. The molecule has 0 N–H and O–H groups in total. The number of rotatable bonds is 1. The zero-order valence-corrected chi connectivity index (χ0v) is 4.24. The van der Waals surface area contributed by atoms with Gasteiger partial charge in [-0.15, -0.1) is 0 Å². The molecule has 0 saturated heterocycles. The van der Waals surface area contributed by atoms with Crippen molar-refractivity contribution >= 4 is 0 Å². The Hall–Kier alpha value is -0.790. The molecule has 1 atom stereocenters. The van der Waals surface area contributed by atoms with E-state index in [1.807, 2.05) is 0 Å². The Labute approximate surface area is 48.9 Å². The summed E-state index contributed by atoms with van der Waals surface area (Å²) in [5, 5.41) is 7.65. The van der Waals surface area contributed by atoms with E-state index in [1.54, 1.807) is 0 Å². The minimum absolute atomic E-state index is 0.792. The molecule has 52 valence electrons. The summed E-state index contributed by atoms with van der Waals surface area (Å²) in [7, 11) is 0. The number of nitriles is 1. The zero-order valence-electron chi connectivity index (χ0n) is 4.24. The van der Waals surface area contributed by atoms with Crippen LogP contribution in [0.15, 0.2) is 0 Å². The van der Waals surface area contributed by atoms with Crippen molar-refractivity contribution in [1.29, 1.82) is 5.26 Å². The van der Waals surface area contributed by atoms with Crippen molar-refractivity contribution < 1.29 is 17.6 Å². The molecule has 0 bridgehead atoms. The highest BCUT2D eigenvalue weighted by atomic mass is 19.4. The smallest absolute Gasteiger partial charge is 0.249 e. The lowest BCUT2D eigenvalue weighted by Gasteiger charge is -2.07. The molecule has 0 rings (SSSR count). The first-order valence-electron chi connectivity index (χ1n) is 2.04. The molecule has 5 heteroatoms. The molecule has 0 aromatic carbocycles. The Morgan fingerprint density at radius 1 is 1.44 bits per heavy atom. The van der Waals surface area contributed by atoms with Crippen LogP contribution in [0.4, 0.5) is 17.6 Å². The molecule has 1 nitrogen and oxygen atoms in total. The molecule has 0 aliphatic carbocycles. The second kappa shape index (κ2) is 2.67. The zero-order chi connectivity index (χ0) is 7.49. The second-order valence-corrected chi connectivity index (χ2v) is 1.38. The first kappa shape index (κ1) is 8.21. The Balaban J connectivity index is 4.00. The molecule has 0 spiro atoms. The first-order valence-corrected chi connectivity index (χ1v) is 2.04. The van der Waals surface area contributed by atoms with Gasteiger partial charge < -0.3 is 0 Å². The van der Waals surface area contributed by atoms with Gasteiger partial charge in [0.25, 0.3) is 0 Å². The predicted molar refractivity (Wildman–Crippen MR) is 21.1 cm³/mol. The van der Waals surface area contributed by atoms with E-state index in [9.17, 15) is 17.6 Å². The molecule has 1 unspecified atom stereocenters. The van der Waals surface area contributed by atoms with Crippen LogP contribution in [0.3, 0.4) is 0 Å². The molecular weight excluding hydrogens is 138 g/mol. The normalized spacial score (nSPS) is 14.6. The van der Waals surface area contributed by atoms with Crippen molar-refractivity contribution in [2.24, 2.45) is 5.92 Å². The third-order valence-corrected chi connectivity index (χ3v) is 0.705. The lowest BCUT2D eigenvalue weighted by molar-refractivity contribution is -0.162. The Bertz CT molecular complexity index is 122. The maximum atomic E-state index is 11.3. The summed E-state index contributed by atoms with van der Waals surface area (Å²) in [5.41, 5.74) is 0. The quantitative estimate of drug-likeness (QED) is 0.509. The van der Waals surface area contributed by atoms with E-state index in [1.165, 1.54) is 0 Å². The minimum Gasteiger partial charge on any atom is -0.249 e. The van der Waals surface area contributed by atoms with Gasteiger partial charge in [-0.3, -0.25) is 0 Å². The summed E-state index contributed by atoms with van der Waals surface area (Å²) >= 11 is 0. The summed E-state index contributed by atoms with van der Waals surface area (Å²) in [5.74, 6) is -2.46. The molecular formula is C4H3F4N. The fourth-order valence-electron chi connectivity index (χ4n) is 0.195. The lowest BCUT2D eigenvalue weighted by Crippen LogP contribution is -2.22. The van der Waals surface area contributed by atoms with Crippen LogP contribution >= 0.6 is 0 Å². The van der Waals surface area contributed by atoms with Gasteiger partial charge in [-0.2, -0.15) is 18.4 Å². The number of hydrogen-bond acceptors (Lipinski definition) is 1. The van der Waals surface area contributed by atoms with Crippen LogP contribution in [0.25, 0.3) is 0 Å². The number of hydrogen-bond donors (Lipinski definition) is 0. The van der Waals surface area contributed by atoms with Crippen molar-refractivity contribution in [3.05, 3.63) is 0 Å². The summed E-state index contributed by atoms with van der Waals surface area (Å²) in [6, 6.07) is 0.792. The van der Waals surface area contributed by atoms with Gasteiger partial charge in [0, 0.05) is 0 Å². The predicted octanol–water partition coefficient (Wildman–Crippen LogP) is 1.66. The van der Waals surface area contributed by atoms with E-state index in [-0.39, 0.29) is 0 Å². The molecule has 0 aliphatic heterocycles. The molecule has 0 aromatic heterocycles. The molecule has 9 heavy (non-hydrogen) atoms. The van der Waals surface area contributed by atoms with Gasteiger partial charge in [-0.1, -0.05) is 0 Å². The fraction of sp³-hybridized carbons (Fsp3) is 0.750. The van der Waals surface area contributed by atoms with Crippen LogP contribution in [0.1, 0.15) is 0 Å². The van der Waals surface area contributed by atoms with Crippen LogP contribution in [-0.2, 0) is 0 Å². The Kier molecular flexibility index (Phi) is 2.43. The number of alkyl halides is 4. The molecule has 0 radical (unpaired) electrons. The van der Waals surface area contributed by atoms with Gasteiger partial charge in [-0.25, -0.2) is 4.39 Å². The van der Waals surface area contributed by atoms with Crippen molar-refractivity contribution in [1.82, 2.24) is 0 Å². The van der Waals surface area contributed by atoms with Crippen molar-refractivity contribution in [3.63, 3.8) is 0 Å². The van der Waals surface area contributed by atoms with Gasteiger partial charge >= 0.3 is 6.18 Å². The average Bonchev–Trinajstić information content (AvgIpc) is 1.65. The largest absolute Gasteiger partial charge is 0.407 e. The topological polar surface area (TPSA) is 23.8 Å². The van der Waals surface area contributed by atoms with Crippen molar-refractivity contribution in [3.8, 4) is 6.07 Å². The monoisotopic (exact) mass is 141 g/mol.